The average Bonchev–Trinajstić information content (AvgIpc) is 2.18. The van der Waals surface area contributed by atoms with Crippen molar-refractivity contribution in [2.75, 3.05) is 0 Å². The molecule has 0 heterocycles. The third kappa shape index (κ3) is 1.49. The van der Waals surface area contributed by atoms with E-state index in [0.29, 0.717) is 5.75 Å². The second-order valence-corrected chi connectivity index (χ2v) is 3.86. The monoisotopic (exact) mass is 208 g/mol. The van der Waals surface area contributed by atoms with Gasteiger partial charge in [0.15, 0.2) is 0 Å². The quantitative estimate of drug-likeness (QED) is 0.552. The zero-order valence-corrected chi connectivity index (χ0v) is 8.48. The van der Waals surface area contributed by atoms with Crippen LogP contribution in [0.5, 0.6) is 5.75 Å². The zero-order chi connectivity index (χ0) is 9.26. The van der Waals surface area contributed by atoms with Crippen molar-refractivity contribution in [1.82, 2.24) is 0 Å². The molecular weight excluding hydrogens is 200 g/mol. The minimum atomic E-state index is 0.290. The summed E-state index contributed by atoms with van der Waals surface area (Å²) in [6.45, 7) is 0. The summed E-state index contributed by atoms with van der Waals surface area (Å²) in [5, 5.41) is 11.7. The van der Waals surface area contributed by atoms with E-state index in [4.69, 9.17) is 0 Å². The van der Waals surface area contributed by atoms with Crippen LogP contribution < -0.4 is 0 Å². The van der Waals surface area contributed by atoms with Gasteiger partial charge < -0.3 is 5.11 Å². The summed E-state index contributed by atoms with van der Waals surface area (Å²) in [6.07, 6.45) is 0. The summed E-state index contributed by atoms with van der Waals surface area (Å²) >= 11 is 4.11. The Kier molecular flexibility index (Phi) is 2.38. The van der Waals surface area contributed by atoms with Gasteiger partial charge in [-0.25, -0.2) is 0 Å². The van der Waals surface area contributed by atoms with Crippen LogP contribution in [0.2, 0.25) is 0 Å². The average molecular weight is 208 g/mol. The van der Waals surface area contributed by atoms with Gasteiger partial charge in [-0.1, -0.05) is 41.1 Å². The lowest BCUT2D eigenvalue weighted by Gasteiger charge is -2.04. The Morgan fingerprint density at radius 2 is 1.85 bits per heavy atom. The summed E-state index contributed by atoms with van der Waals surface area (Å²) in [5.41, 5.74) is 0. The summed E-state index contributed by atoms with van der Waals surface area (Å²) in [6, 6.07) is 11.5. The molecule has 13 heavy (non-hydrogen) atoms. The van der Waals surface area contributed by atoms with Crippen LogP contribution in [0.4, 0.5) is 0 Å². The van der Waals surface area contributed by atoms with Gasteiger partial charge in [-0.3, -0.25) is 0 Å². The Bertz CT molecular complexity index is 440. The Hall–Kier alpha value is -0.800. The van der Waals surface area contributed by atoms with Crippen molar-refractivity contribution in [1.29, 1.82) is 0 Å². The predicted molar refractivity (Wildman–Crippen MR) is 60.5 cm³/mol. The number of phenolic OH excluding ortho intramolecular Hbond substituents is 1. The lowest BCUT2D eigenvalue weighted by atomic mass is 10.1. The molecule has 0 bridgehead atoms. The van der Waals surface area contributed by atoms with E-state index >= 15 is 0 Å². The SMILES string of the molecule is Oc1ccc2ccccc2c1SS. The van der Waals surface area contributed by atoms with Gasteiger partial charge in [-0.2, -0.15) is 0 Å². The van der Waals surface area contributed by atoms with Crippen LogP contribution in [0.3, 0.4) is 0 Å². The highest BCUT2D eigenvalue weighted by molar-refractivity contribution is 8.68. The maximum atomic E-state index is 9.54. The molecule has 0 radical (unpaired) electrons. The molecule has 2 aromatic carbocycles. The standard InChI is InChI=1S/C10H8OS2/c11-9-6-5-7-3-1-2-4-8(7)10(9)13-12/h1-6,11-12H. The van der Waals surface area contributed by atoms with E-state index in [1.165, 1.54) is 10.8 Å². The van der Waals surface area contributed by atoms with E-state index < -0.39 is 0 Å². The normalized spacial score (nSPS) is 10.5. The summed E-state index contributed by atoms with van der Waals surface area (Å²) in [7, 11) is 1.27. The number of thiol groups is 1. The zero-order valence-electron chi connectivity index (χ0n) is 6.77. The lowest BCUT2D eigenvalue weighted by molar-refractivity contribution is 0.464. The lowest BCUT2D eigenvalue weighted by Crippen LogP contribution is -1.76. The maximum Gasteiger partial charge on any atom is 0.130 e. The first-order chi connectivity index (χ1) is 6.33. The van der Waals surface area contributed by atoms with E-state index in [0.717, 1.165) is 15.7 Å². The van der Waals surface area contributed by atoms with Crippen LogP contribution >= 0.6 is 22.5 Å². The molecule has 0 fully saturated rings. The number of hydrogen-bond acceptors (Lipinski definition) is 3. The smallest absolute Gasteiger partial charge is 0.130 e. The van der Waals surface area contributed by atoms with Crippen LogP contribution in [0.1, 0.15) is 0 Å². The van der Waals surface area contributed by atoms with Gasteiger partial charge in [0, 0.05) is 0 Å². The van der Waals surface area contributed by atoms with Gasteiger partial charge in [0.05, 0.1) is 4.90 Å². The third-order valence-corrected chi connectivity index (χ3v) is 3.11. The van der Waals surface area contributed by atoms with Crippen molar-refractivity contribution < 1.29 is 5.11 Å². The molecule has 0 amide bonds. The number of hydrogen-bond donors (Lipinski definition) is 2. The van der Waals surface area contributed by atoms with E-state index in [2.05, 4.69) is 11.7 Å². The molecule has 0 aliphatic rings. The number of benzene rings is 2. The second-order valence-electron chi connectivity index (χ2n) is 2.73. The molecule has 0 saturated carbocycles. The van der Waals surface area contributed by atoms with Crippen LogP contribution in [0.15, 0.2) is 41.3 Å². The van der Waals surface area contributed by atoms with Crippen LogP contribution in [-0.2, 0) is 0 Å². The molecular formula is C10H8OS2. The fourth-order valence-electron chi connectivity index (χ4n) is 1.33. The van der Waals surface area contributed by atoms with Crippen molar-refractivity contribution in [2.24, 2.45) is 0 Å². The van der Waals surface area contributed by atoms with Gasteiger partial charge in [-0.15, -0.1) is 11.7 Å². The highest BCUT2D eigenvalue weighted by Gasteiger charge is 2.04. The van der Waals surface area contributed by atoms with Crippen molar-refractivity contribution in [2.45, 2.75) is 4.90 Å². The van der Waals surface area contributed by atoms with Crippen molar-refractivity contribution in [3.05, 3.63) is 36.4 Å². The topological polar surface area (TPSA) is 20.2 Å². The van der Waals surface area contributed by atoms with Gasteiger partial charge >= 0.3 is 0 Å². The highest BCUT2D eigenvalue weighted by atomic mass is 33.1. The number of fused-ring (bicyclic) bond motifs is 1. The second kappa shape index (κ2) is 3.52. The Balaban J connectivity index is 2.84. The minimum absolute atomic E-state index is 0.290. The maximum absolute atomic E-state index is 9.54. The summed E-state index contributed by atoms with van der Waals surface area (Å²) < 4.78 is 0. The molecule has 2 rings (SSSR count). The first-order valence-corrected chi connectivity index (χ1v) is 5.72. The molecule has 66 valence electrons. The number of aromatic hydroxyl groups is 1. The van der Waals surface area contributed by atoms with Gasteiger partial charge in [0.1, 0.15) is 5.75 Å². The molecule has 0 unspecified atom stereocenters. The van der Waals surface area contributed by atoms with Crippen molar-refractivity contribution >= 4 is 33.2 Å². The Labute approximate surface area is 85.6 Å². The van der Waals surface area contributed by atoms with E-state index in [9.17, 15) is 5.11 Å². The van der Waals surface area contributed by atoms with Crippen molar-refractivity contribution in [3.8, 4) is 5.75 Å². The fourth-order valence-corrected chi connectivity index (χ4v) is 2.35. The van der Waals surface area contributed by atoms with Crippen LogP contribution in [-0.4, -0.2) is 5.11 Å². The molecule has 0 atom stereocenters. The summed E-state index contributed by atoms with van der Waals surface area (Å²) in [5.74, 6) is 0.290. The number of phenols is 1. The molecule has 0 spiro atoms. The highest BCUT2D eigenvalue weighted by Crippen LogP contribution is 2.37. The molecule has 0 aromatic heterocycles. The molecule has 0 aliphatic carbocycles. The predicted octanol–water partition coefficient (Wildman–Crippen LogP) is 3.48. The molecule has 3 heteroatoms. The molecule has 1 N–H and O–H groups in total. The van der Waals surface area contributed by atoms with E-state index in [-0.39, 0.29) is 0 Å². The first kappa shape index (κ1) is 8.78. The number of rotatable bonds is 1. The first-order valence-electron chi connectivity index (χ1n) is 3.85. The molecule has 0 saturated heterocycles. The van der Waals surface area contributed by atoms with Crippen LogP contribution in [0.25, 0.3) is 10.8 Å². The van der Waals surface area contributed by atoms with E-state index in [1.54, 1.807) is 6.07 Å². The molecule has 2 aromatic rings. The molecule has 0 aliphatic heterocycles. The third-order valence-electron chi connectivity index (χ3n) is 1.95. The summed E-state index contributed by atoms with van der Waals surface area (Å²) in [4.78, 5) is 0.821. The Morgan fingerprint density at radius 1 is 1.08 bits per heavy atom. The minimum Gasteiger partial charge on any atom is -0.507 e. The van der Waals surface area contributed by atoms with E-state index in [1.807, 2.05) is 30.3 Å². The van der Waals surface area contributed by atoms with Crippen molar-refractivity contribution in [3.63, 3.8) is 0 Å². The fraction of sp³-hybridized carbons (Fsp3) is 0. The van der Waals surface area contributed by atoms with Gasteiger partial charge in [0.2, 0.25) is 0 Å². The van der Waals surface area contributed by atoms with Gasteiger partial charge in [0.25, 0.3) is 0 Å². The van der Waals surface area contributed by atoms with Gasteiger partial charge in [-0.05, 0) is 16.8 Å². The van der Waals surface area contributed by atoms with Crippen LogP contribution in [0, 0.1) is 0 Å². The molecule has 1 nitrogen and oxygen atoms in total. The Morgan fingerprint density at radius 3 is 2.62 bits per heavy atom. The largest absolute Gasteiger partial charge is 0.507 e.